The van der Waals surface area contributed by atoms with Crippen molar-refractivity contribution in [2.24, 2.45) is 10.9 Å². The Bertz CT molecular complexity index is 999. The first kappa shape index (κ1) is 19.4. The van der Waals surface area contributed by atoms with Crippen LogP contribution in [0.15, 0.2) is 63.1 Å². The van der Waals surface area contributed by atoms with Gasteiger partial charge in [-0.1, -0.05) is 30.3 Å². The van der Waals surface area contributed by atoms with Gasteiger partial charge in [0.2, 0.25) is 0 Å². The molecule has 1 aromatic heterocycles. The molecular weight excluding hydrogens is 366 g/mol. The van der Waals surface area contributed by atoms with Crippen molar-refractivity contribution in [3.8, 4) is 0 Å². The first-order valence-electron chi connectivity index (χ1n) is 10.1. The highest BCUT2D eigenvalue weighted by atomic mass is 16.5. The molecule has 0 bridgehead atoms. The molecule has 1 unspecified atom stereocenters. The number of nitrogens with zero attached hydrogens (tertiary/aromatic N) is 1. The second-order valence-electron chi connectivity index (χ2n) is 7.71. The van der Waals surface area contributed by atoms with Crippen LogP contribution in [0.25, 0.3) is 0 Å². The monoisotopic (exact) mass is 391 g/mol. The van der Waals surface area contributed by atoms with Gasteiger partial charge >= 0.3 is 5.97 Å². The summed E-state index contributed by atoms with van der Waals surface area (Å²) in [7, 11) is 0. The third-order valence-corrected chi connectivity index (χ3v) is 5.77. The number of carbonyl (C=O) groups is 2. The first-order chi connectivity index (χ1) is 14.0. The highest BCUT2D eigenvalue weighted by molar-refractivity contribution is 6.09. The molecule has 0 spiro atoms. The Balaban J connectivity index is 1.79. The molecule has 29 heavy (non-hydrogen) atoms. The van der Waals surface area contributed by atoms with Crippen molar-refractivity contribution < 1.29 is 18.7 Å². The van der Waals surface area contributed by atoms with Crippen molar-refractivity contribution in [3.63, 3.8) is 0 Å². The Hall–Kier alpha value is -2.95. The van der Waals surface area contributed by atoms with E-state index in [2.05, 4.69) is 12.1 Å². The van der Waals surface area contributed by atoms with Crippen LogP contribution in [0.3, 0.4) is 0 Å². The SMILES string of the molecule is CCOC(=O)C1C(C)=NC2=C(C(=O)C[C@H](c3ccccc3)C2)[C@H]1c1ccc(C)o1. The third kappa shape index (κ3) is 3.57. The van der Waals surface area contributed by atoms with Crippen LogP contribution in [-0.2, 0) is 14.3 Å². The van der Waals surface area contributed by atoms with Crippen molar-refractivity contribution in [1.29, 1.82) is 0 Å². The maximum atomic E-state index is 13.3. The molecule has 2 heterocycles. The summed E-state index contributed by atoms with van der Waals surface area (Å²) in [6.45, 7) is 5.75. The lowest BCUT2D eigenvalue weighted by Gasteiger charge is -2.35. The molecule has 1 aromatic carbocycles. The largest absolute Gasteiger partial charge is 0.466 e. The second-order valence-corrected chi connectivity index (χ2v) is 7.71. The van der Waals surface area contributed by atoms with Crippen LogP contribution >= 0.6 is 0 Å². The highest BCUT2D eigenvalue weighted by Crippen LogP contribution is 2.47. The van der Waals surface area contributed by atoms with Gasteiger partial charge in [0.15, 0.2) is 5.78 Å². The van der Waals surface area contributed by atoms with Gasteiger partial charge in [-0.05, 0) is 50.8 Å². The molecule has 0 saturated carbocycles. The molecular formula is C24H25NO4. The van der Waals surface area contributed by atoms with E-state index in [-0.39, 0.29) is 24.3 Å². The fourth-order valence-corrected chi connectivity index (χ4v) is 4.49. The van der Waals surface area contributed by atoms with Crippen LogP contribution in [-0.4, -0.2) is 24.1 Å². The van der Waals surface area contributed by atoms with Gasteiger partial charge in [-0.15, -0.1) is 0 Å². The summed E-state index contributed by atoms with van der Waals surface area (Å²) in [5, 5.41) is 0. The normalized spacial score (nSPS) is 24.2. The summed E-state index contributed by atoms with van der Waals surface area (Å²) >= 11 is 0. The van der Waals surface area contributed by atoms with Crippen LogP contribution < -0.4 is 0 Å². The van der Waals surface area contributed by atoms with Gasteiger partial charge in [0, 0.05) is 23.4 Å². The summed E-state index contributed by atoms with van der Waals surface area (Å²) in [5.41, 5.74) is 3.18. The van der Waals surface area contributed by atoms with E-state index < -0.39 is 11.8 Å². The van der Waals surface area contributed by atoms with Crippen LogP contribution in [0.4, 0.5) is 0 Å². The van der Waals surface area contributed by atoms with Gasteiger partial charge in [-0.25, -0.2) is 0 Å². The molecule has 5 nitrogen and oxygen atoms in total. The van der Waals surface area contributed by atoms with E-state index in [9.17, 15) is 9.59 Å². The lowest BCUT2D eigenvalue weighted by atomic mass is 9.71. The average molecular weight is 391 g/mol. The minimum Gasteiger partial charge on any atom is -0.466 e. The lowest BCUT2D eigenvalue weighted by Crippen LogP contribution is -2.38. The van der Waals surface area contributed by atoms with Crippen LogP contribution in [0, 0.1) is 12.8 Å². The van der Waals surface area contributed by atoms with E-state index in [0.717, 1.165) is 17.0 Å². The molecule has 0 N–H and O–H groups in total. The van der Waals surface area contributed by atoms with Gasteiger partial charge in [0.1, 0.15) is 17.4 Å². The molecule has 3 atom stereocenters. The fraction of sp³-hybridized carbons (Fsp3) is 0.375. The number of carbonyl (C=O) groups excluding carboxylic acids is 2. The van der Waals surface area contributed by atoms with Crippen molar-refractivity contribution in [2.45, 2.75) is 45.4 Å². The zero-order valence-corrected chi connectivity index (χ0v) is 17.0. The van der Waals surface area contributed by atoms with E-state index in [1.54, 1.807) is 6.92 Å². The number of aryl methyl sites for hydroxylation is 1. The molecule has 1 aliphatic carbocycles. The zero-order chi connectivity index (χ0) is 20.5. The number of esters is 1. The molecule has 2 aromatic rings. The number of allylic oxidation sites excluding steroid dienone is 2. The molecule has 1 aliphatic heterocycles. The molecule has 4 rings (SSSR count). The Morgan fingerprint density at radius 3 is 2.55 bits per heavy atom. The Morgan fingerprint density at radius 2 is 1.90 bits per heavy atom. The number of hydrogen-bond acceptors (Lipinski definition) is 5. The van der Waals surface area contributed by atoms with Gasteiger partial charge in [-0.3, -0.25) is 14.6 Å². The van der Waals surface area contributed by atoms with E-state index in [1.807, 2.05) is 44.2 Å². The standard InChI is InChI=1S/C24H25NO4/c1-4-28-24(27)21-15(3)25-18-12-17(16-8-6-5-7-9-16)13-19(26)22(18)23(21)20-11-10-14(2)29-20/h5-11,17,21,23H,4,12-13H2,1-3H3/t17-,21?,23+/m1/s1. The number of benzene rings is 1. The van der Waals surface area contributed by atoms with E-state index in [4.69, 9.17) is 14.1 Å². The topological polar surface area (TPSA) is 68.9 Å². The van der Waals surface area contributed by atoms with Crippen LogP contribution in [0.2, 0.25) is 0 Å². The van der Waals surface area contributed by atoms with Crippen LogP contribution in [0.1, 0.15) is 55.6 Å². The average Bonchev–Trinajstić information content (AvgIpc) is 3.13. The maximum absolute atomic E-state index is 13.3. The molecule has 150 valence electrons. The molecule has 0 fully saturated rings. The lowest BCUT2D eigenvalue weighted by molar-refractivity contribution is -0.146. The third-order valence-electron chi connectivity index (χ3n) is 5.77. The summed E-state index contributed by atoms with van der Waals surface area (Å²) in [6, 6.07) is 13.8. The Labute approximate surface area is 170 Å². The number of ketones is 1. The molecule has 5 heteroatoms. The quantitative estimate of drug-likeness (QED) is 0.707. The summed E-state index contributed by atoms with van der Waals surface area (Å²) in [5.74, 6) is -0.000668. The van der Waals surface area contributed by atoms with Gasteiger partial charge < -0.3 is 9.15 Å². The fourth-order valence-electron chi connectivity index (χ4n) is 4.49. The first-order valence-corrected chi connectivity index (χ1v) is 10.1. The molecule has 0 saturated heterocycles. The Kier molecular flexibility index (Phi) is 5.22. The number of aliphatic imine (C=N–C) groups is 1. The number of rotatable bonds is 4. The van der Waals surface area contributed by atoms with Crippen LogP contribution in [0.5, 0.6) is 0 Å². The zero-order valence-electron chi connectivity index (χ0n) is 17.0. The molecule has 0 radical (unpaired) electrons. The molecule has 2 aliphatic rings. The Morgan fingerprint density at radius 1 is 1.14 bits per heavy atom. The van der Waals surface area contributed by atoms with E-state index in [0.29, 0.717) is 29.9 Å². The summed E-state index contributed by atoms with van der Waals surface area (Å²) in [6.07, 6.45) is 1.08. The second kappa shape index (κ2) is 7.82. The van der Waals surface area contributed by atoms with Gasteiger partial charge in [0.25, 0.3) is 0 Å². The predicted molar refractivity (Wildman–Crippen MR) is 110 cm³/mol. The number of Topliss-reactive ketones (excluding diaryl/α,β-unsaturated/α-hetero) is 1. The number of ether oxygens (including phenoxy) is 1. The van der Waals surface area contributed by atoms with Gasteiger partial charge in [0.05, 0.1) is 12.5 Å². The van der Waals surface area contributed by atoms with Crippen molar-refractivity contribution in [3.05, 3.63) is 70.8 Å². The maximum Gasteiger partial charge on any atom is 0.315 e. The number of hydrogen-bond donors (Lipinski definition) is 0. The van der Waals surface area contributed by atoms with E-state index >= 15 is 0 Å². The van der Waals surface area contributed by atoms with Gasteiger partial charge in [-0.2, -0.15) is 0 Å². The van der Waals surface area contributed by atoms with Crippen molar-refractivity contribution in [2.75, 3.05) is 6.61 Å². The van der Waals surface area contributed by atoms with Crippen molar-refractivity contribution >= 4 is 17.5 Å². The smallest absolute Gasteiger partial charge is 0.315 e. The summed E-state index contributed by atoms with van der Waals surface area (Å²) < 4.78 is 11.2. The van der Waals surface area contributed by atoms with Crippen molar-refractivity contribution in [1.82, 2.24) is 0 Å². The van der Waals surface area contributed by atoms with E-state index in [1.165, 1.54) is 0 Å². The minimum absolute atomic E-state index is 0.0321. The predicted octanol–water partition coefficient (Wildman–Crippen LogP) is 4.73. The number of furan rings is 1. The highest BCUT2D eigenvalue weighted by Gasteiger charge is 2.46. The summed E-state index contributed by atoms with van der Waals surface area (Å²) in [4.78, 5) is 30.8. The minimum atomic E-state index is -0.642. The molecule has 0 amide bonds.